The molecule has 0 bridgehead atoms. The van der Waals surface area contributed by atoms with E-state index in [1.54, 1.807) is 0 Å². The van der Waals surface area contributed by atoms with Gasteiger partial charge in [-0.3, -0.25) is 9.69 Å². The first-order chi connectivity index (χ1) is 11.3. The topological polar surface area (TPSA) is 47.0 Å². The largest absolute Gasteiger partial charge is 0.396 e. The minimum Gasteiger partial charge on any atom is -0.396 e. The first-order valence-electron chi connectivity index (χ1n) is 8.72. The molecule has 1 aromatic rings. The highest BCUT2D eigenvalue weighted by molar-refractivity contribution is 5.95. The van der Waals surface area contributed by atoms with Crippen LogP contribution in [-0.2, 0) is 11.2 Å². The van der Waals surface area contributed by atoms with Crippen molar-refractivity contribution in [1.29, 1.82) is 0 Å². The smallest absolute Gasteiger partial charge is 0.241 e. The molecule has 0 spiro atoms. The number of rotatable bonds is 5. The summed E-state index contributed by atoms with van der Waals surface area (Å²) in [6.07, 6.45) is 2.96. The average molecular weight is 317 g/mol. The first kappa shape index (κ1) is 16.4. The molecule has 0 aliphatic carbocycles. The van der Waals surface area contributed by atoms with Crippen LogP contribution in [0.3, 0.4) is 0 Å². The Morgan fingerprint density at radius 1 is 1.04 bits per heavy atom. The fourth-order valence-corrected chi connectivity index (χ4v) is 3.53. The maximum atomic E-state index is 12.7. The summed E-state index contributed by atoms with van der Waals surface area (Å²) in [5.74, 6) is 0.223. The van der Waals surface area contributed by atoms with Gasteiger partial charge in [0.2, 0.25) is 5.91 Å². The summed E-state index contributed by atoms with van der Waals surface area (Å²) in [5.41, 5.74) is 2.39. The molecule has 1 amide bonds. The Labute approximate surface area is 138 Å². The molecule has 1 saturated heterocycles. The molecular formula is C18H27N3O2. The number of carbonyl (C=O) groups excluding carboxylic acids is 1. The van der Waals surface area contributed by atoms with E-state index in [2.05, 4.69) is 28.0 Å². The number of benzene rings is 1. The molecule has 2 aliphatic rings. The van der Waals surface area contributed by atoms with Gasteiger partial charge < -0.3 is 14.9 Å². The molecule has 23 heavy (non-hydrogen) atoms. The number of aliphatic hydroxyl groups is 1. The van der Waals surface area contributed by atoms with Crippen molar-refractivity contribution in [3.05, 3.63) is 29.8 Å². The van der Waals surface area contributed by atoms with Crippen LogP contribution in [0.2, 0.25) is 0 Å². The molecular weight excluding hydrogens is 290 g/mol. The summed E-state index contributed by atoms with van der Waals surface area (Å²) in [6.45, 7) is 6.42. The molecule has 0 radical (unpaired) electrons. The second-order valence-electron chi connectivity index (χ2n) is 6.47. The van der Waals surface area contributed by atoms with Crippen molar-refractivity contribution >= 4 is 11.6 Å². The van der Waals surface area contributed by atoms with Crippen molar-refractivity contribution in [2.45, 2.75) is 19.3 Å². The zero-order valence-corrected chi connectivity index (χ0v) is 13.8. The van der Waals surface area contributed by atoms with Gasteiger partial charge in [0, 0.05) is 51.6 Å². The molecule has 0 unspecified atom stereocenters. The zero-order chi connectivity index (χ0) is 16.1. The molecule has 126 valence electrons. The molecule has 0 aromatic heterocycles. The van der Waals surface area contributed by atoms with Crippen molar-refractivity contribution in [3.8, 4) is 0 Å². The van der Waals surface area contributed by atoms with Gasteiger partial charge in [0.15, 0.2) is 0 Å². The van der Waals surface area contributed by atoms with Gasteiger partial charge in [-0.15, -0.1) is 0 Å². The van der Waals surface area contributed by atoms with Crippen LogP contribution < -0.4 is 4.90 Å². The first-order valence-corrected chi connectivity index (χ1v) is 8.72. The van der Waals surface area contributed by atoms with E-state index in [4.69, 9.17) is 5.11 Å². The van der Waals surface area contributed by atoms with E-state index in [1.807, 2.05) is 11.0 Å². The summed E-state index contributed by atoms with van der Waals surface area (Å²) in [6, 6.07) is 8.27. The maximum absolute atomic E-state index is 12.7. The lowest BCUT2D eigenvalue weighted by Gasteiger charge is -2.36. The van der Waals surface area contributed by atoms with Crippen molar-refractivity contribution in [2.75, 3.05) is 57.3 Å². The van der Waals surface area contributed by atoms with Crippen molar-refractivity contribution in [2.24, 2.45) is 0 Å². The van der Waals surface area contributed by atoms with Gasteiger partial charge in [-0.05, 0) is 30.9 Å². The lowest BCUT2D eigenvalue weighted by Crippen LogP contribution is -2.50. The number of fused-ring (bicyclic) bond motifs is 1. The number of piperazine rings is 1. The third kappa shape index (κ3) is 4.10. The van der Waals surface area contributed by atoms with E-state index in [0.717, 1.165) is 64.2 Å². The van der Waals surface area contributed by atoms with E-state index in [0.29, 0.717) is 6.54 Å². The third-order valence-electron chi connectivity index (χ3n) is 4.87. The summed E-state index contributed by atoms with van der Waals surface area (Å²) in [7, 11) is 0. The monoisotopic (exact) mass is 317 g/mol. The summed E-state index contributed by atoms with van der Waals surface area (Å²) >= 11 is 0. The molecule has 1 N–H and O–H groups in total. The Morgan fingerprint density at radius 3 is 2.57 bits per heavy atom. The second-order valence-corrected chi connectivity index (χ2v) is 6.47. The van der Waals surface area contributed by atoms with Gasteiger partial charge in [0.25, 0.3) is 0 Å². The Morgan fingerprint density at radius 2 is 1.78 bits per heavy atom. The van der Waals surface area contributed by atoms with Gasteiger partial charge >= 0.3 is 0 Å². The van der Waals surface area contributed by atoms with E-state index >= 15 is 0 Å². The number of anilines is 1. The molecule has 3 rings (SSSR count). The lowest BCUT2D eigenvalue weighted by molar-refractivity contribution is -0.120. The van der Waals surface area contributed by atoms with Crippen LogP contribution in [0.15, 0.2) is 24.3 Å². The van der Waals surface area contributed by atoms with Gasteiger partial charge in [0.05, 0.1) is 6.54 Å². The van der Waals surface area contributed by atoms with E-state index in [-0.39, 0.29) is 12.5 Å². The van der Waals surface area contributed by atoms with Crippen molar-refractivity contribution in [1.82, 2.24) is 9.80 Å². The highest BCUT2D eigenvalue weighted by Gasteiger charge is 2.25. The molecule has 2 heterocycles. The highest BCUT2D eigenvalue weighted by Crippen LogP contribution is 2.26. The Balaban J connectivity index is 1.53. The Hall–Kier alpha value is -1.43. The number of aryl methyl sites for hydroxylation is 1. The predicted molar refractivity (Wildman–Crippen MR) is 91.7 cm³/mol. The number of carbonyl (C=O) groups is 1. The quantitative estimate of drug-likeness (QED) is 0.879. The molecule has 1 fully saturated rings. The van der Waals surface area contributed by atoms with E-state index in [9.17, 15) is 4.79 Å². The van der Waals surface area contributed by atoms with Crippen LogP contribution >= 0.6 is 0 Å². The van der Waals surface area contributed by atoms with Crippen LogP contribution in [-0.4, -0.2) is 73.2 Å². The number of para-hydroxylation sites is 1. The number of aliphatic hydroxyl groups excluding tert-OH is 1. The fraction of sp³-hybridized carbons (Fsp3) is 0.611. The molecule has 2 aliphatic heterocycles. The van der Waals surface area contributed by atoms with Gasteiger partial charge in [-0.25, -0.2) is 0 Å². The standard InChI is InChI=1S/C18H27N3O2/c22-14-4-8-19-10-12-20(13-11-19)15-18(23)21-9-3-6-16-5-1-2-7-17(16)21/h1-2,5,7,22H,3-4,6,8-15H2. The van der Waals surface area contributed by atoms with Crippen LogP contribution in [0, 0.1) is 0 Å². The average Bonchev–Trinajstić information content (AvgIpc) is 2.60. The summed E-state index contributed by atoms with van der Waals surface area (Å²) < 4.78 is 0. The summed E-state index contributed by atoms with van der Waals surface area (Å²) in [4.78, 5) is 19.3. The van der Waals surface area contributed by atoms with Crippen molar-refractivity contribution < 1.29 is 9.90 Å². The highest BCUT2D eigenvalue weighted by atomic mass is 16.3. The van der Waals surface area contributed by atoms with Gasteiger partial charge in [-0.1, -0.05) is 18.2 Å². The third-order valence-corrected chi connectivity index (χ3v) is 4.87. The lowest BCUT2D eigenvalue weighted by atomic mass is 10.0. The maximum Gasteiger partial charge on any atom is 0.241 e. The minimum atomic E-state index is 0.223. The molecule has 0 atom stereocenters. The number of amides is 1. The molecule has 1 aromatic carbocycles. The van der Waals surface area contributed by atoms with Crippen LogP contribution in [0.5, 0.6) is 0 Å². The van der Waals surface area contributed by atoms with E-state index < -0.39 is 0 Å². The van der Waals surface area contributed by atoms with Gasteiger partial charge in [0.1, 0.15) is 0 Å². The van der Waals surface area contributed by atoms with Crippen molar-refractivity contribution in [3.63, 3.8) is 0 Å². The number of hydrogen-bond acceptors (Lipinski definition) is 4. The SMILES string of the molecule is O=C(CN1CCN(CCCO)CC1)N1CCCc2ccccc21. The fourth-order valence-electron chi connectivity index (χ4n) is 3.53. The van der Waals surface area contributed by atoms with Crippen LogP contribution in [0.25, 0.3) is 0 Å². The van der Waals surface area contributed by atoms with Gasteiger partial charge in [-0.2, -0.15) is 0 Å². The van der Waals surface area contributed by atoms with Crippen LogP contribution in [0.4, 0.5) is 5.69 Å². The second kappa shape index (κ2) is 7.90. The zero-order valence-electron chi connectivity index (χ0n) is 13.8. The Kier molecular flexibility index (Phi) is 5.65. The molecule has 5 nitrogen and oxygen atoms in total. The predicted octanol–water partition coefficient (Wildman–Crippen LogP) is 0.966. The molecule has 5 heteroatoms. The van der Waals surface area contributed by atoms with Crippen LogP contribution in [0.1, 0.15) is 18.4 Å². The normalized spacial score (nSPS) is 19.6. The molecule has 0 saturated carbocycles. The Bertz CT molecular complexity index is 527. The number of nitrogens with zero attached hydrogens (tertiary/aromatic N) is 3. The minimum absolute atomic E-state index is 0.223. The van der Waals surface area contributed by atoms with E-state index in [1.165, 1.54) is 5.56 Å². The number of hydrogen-bond donors (Lipinski definition) is 1. The summed E-state index contributed by atoms with van der Waals surface area (Å²) in [5, 5.41) is 8.90.